The highest BCUT2D eigenvalue weighted by molar-refractivity contribution is 6.05. The van der Waals surface area contributed by atoms with E-state index in [0.29, 0.717) is 17.1 Å². The molecule has 0 radical (unpaired) electrons. The van der Waals surface area contributed by atoms with Gasteiger partial charge in [-0.15, -0.1) is 0 Å². The van der Waals surface area contributed by atoms with E-state index < -0.39 is 0 Å². The zero-order valence-electron chi connectivity index (χ0n) is 12.1. The molecule has 1 N–H and O–H groups in total. The third kappa shape index (κ3) is 2.86. The Morgan fingerprint density at radius 2 is 1.86 bits per heavy atom. The van der Waals surface area contributed by atoms with Gasteiger partial charge in [-0.25, -0.2) is 0 Å². The van der Waals surface area contributed by atoms with Gasteiger partial charge in [0, 0.05) is 11.3 Å². The SMILES string of the molecule is COc1ccc(C(=O)Nc2ccccc2)cc1-c1ccco1. The first-order valence-electron chi connectivity index (χ1n) is 6.86. The lowest BCUT2D eigenvalue weighted by Gasteiger charge is -2.09. The van der Waals surface area contributed by atoms with E-state index in [0.717, 1.165) is 11.3 Å². The van der Waals surface area contributed by atoms with Crippen LogP contribution in [-0.4, -0.2) is 13.0 Å². The van der Waals surface area contributed by atoms with Crippen LogP contribution in [0.5, 0.6) is 5.75 Å². The van der Waals surface area contributed by atoms with Crippen LogP contribution in [0.15, 0.2) is 71.3 Å². The van der Waals surface area contributed by atoms with Gasteiger partial charge in [0.15, 0.2) is 0 Å². The second-order valence-electron chi connectivity index (χ2n) is 4.71. The standard InChI is InChI=1S/C18H15NO3/c1-21-16-10-9-13(12-15(16)17-8-5-11-22-17)18(20)19-14-6-3-2-4-7-14/h2-12H,1H3,(H,19,20). The number of rotatable bonds is 4. The maximum Gasteiger partial charge on any atom is 0.255 e. The van der Waals surface area contributed by atoms with Crippen molar-refractivity contribution in [2.75, 3.05) is 12.4 Å². The van der Waals surface area contributed by atoms with E-state index in [4.69, 9.17) is 9.15 Å². The summed E-state index contributed by atoms with van der Waals surface area (Å²) >= 11 is 0. The molecule has 0 aliphatic rings. The Balaban J connectivity index is 1.91. The first-order chi connectivity index (χ1) is 10.8. The Kier molecular flexibility index (Phi) is 3.92. The minimum Gasteiger partial charge on any atom is -0.496 e. The number of para-hydroxylation sites is 1. The number of anilines is 1. The summed E-state index contributed by atoms with van der Waals surface area (Å²) < 4.78 is 10.7. The zero-order valence-corrected chi connectivity index (χ0v) is 12.1. The van der Waals surface area contributed by atoms with Crippen molar-refractivity contribution in [3.63, 3.8) is 0 Å². The fourth-order valence-electron chi connectivity index (χ4n) is 2.20. The van der Waals surface area contributed by atoms with Gasteiger partial charge in [-0.3, -0.25) is 4.79 Å². The molecule has 0 aliphatic heterocycles. The molecule has 0 saturated carbocycles. The van der Waals surface area contributed by atoms with E-state index >= 15 is 0 Å². The van der Waals surface area contributed by atoms with Crippen molar-refractivity contribution in [1.82, 2.24) is 0 Å². The molecular formula is C18H15NO3. The van der Waals surface area contributed by atoms with Gasteiger partial charge in [0.2, 0.25) is 0 Å². The van der Waals surface area contributed by atoms with E-state index in [-0.39, 0.29) is 5.91 Å². The van der Waals surface area contributed by atoms with Crippen LogP contribution in [0.25, 0.3) is 11.3 Å². The molecule has 0 spiro atoms. The Morgan fingerprint density at radius 3 is 2.55 bits per heavy atom. The van der Waals surface area contributed by atoms with Crippen LogP contribution in [0.4, 0.5) is 5.69 Å². The van der Waals surface area contributed by atoms with Crippen molar-refractivity contribution in [1.29, 1.82) is 0 Å². The number of hydrogen-bond donors (Lipinski definition) is 1. The molecule has 0 bridgehead atoms. The largest absolute Gasteiger partial charge is 0.496 e. The summed E-state index contributed by atoms with van der Waals surface area (Å²) in [6.07, 6.45) is 1.59. The van der Waals surface area contributed by atoms with Gasteiger partial charge in [-0.2, -0.15) is 0 Å². The Hall–Kier alpha value is -3.01. The highest BCUT2D eigenvalue weighted by Gasteiger charge is 2.13. The molecular weight excluding hydrogens is 278 g/mol. The average molecular weight is 293 g/mol. The average Bonchev–Trinajstić information content (AvgIpc) is 3.09. The molecule has 3 rings (SSSR count). The summed E-state index contributed by atoms with van der Waals surface area (Å²) in [5.74, 6) is 1.14. The lowest BCUT2D eigenvalue weighted by Crippen LogP contribution is -2.11. The lowest BCUT2D eigenvalue weighted by atomic mass is 10.1. The quantitative estimate of drug-likeness (QED) is 0.784. The number of hydrogen-bond acceptors (Lipinski definition) is 3. The highest BCUT2D eigenvalue weighted by atomic mass is 16.5. The van der Waals surface area contributed by atoms with Gasteiger partial charge in [-0.05, 0) is 42.5 Å². The zero-order chi connectivity index (χ0) is 15.4. The molecule has 0 atom stereocenters. The number of nitrogens with one attached hydrogen (secondary N) is 1. The molecule has 0 aliphatic carbocycles. The van der Waals surface area contributed by atoms with Crippen LogP contribution in [0, 0.1) is 0 Å². The van der Waals surface area contributed by atoms with Crippen molar-refractivity contribution in [2.24, 2.45) is 0 Å². The number of benzene rings is 2. The molecule has 2 aromatic carbocycles. The lowest BCUT2D eigenvalue weighted by molar-refractivity contribution is 0.102. The molecule has 110 valence electrons. The summed E-state index contributed by atoms with van der Waals surface area (Å²) in [7, 11) is 1.59. The molecule has 22 heavy (non-hydrogen) atoms. The molecule has 4 heteroatoms. The van der Waals surface area contributed by atoms with Crippen LogP contribution >= 0.6 is 0 Å². The van der Waals surface area contributed by atoms with Gasteiger partial charge in [0.05, 0.1) is 18.9 Å². The van der Waals surface area contributed by atoms with Crippen molar-refractivity contribution in [3.8, 4) is 17.1 Å². The summed E-state index contributed by atoms with van der Waals surface area (Å²) in [5.41, 5.74) is 2.03. The molecule has 3 aromatic rings. The van der Waals surface area contributed by atoms with Gasteiger partial charge in [0.1, 0.15) is 11.5 Å². The number of amides is 1. The summed E-state index contributed by atoms with van der Waals surface area (Å²) in [4.78, 5) is 12.4. The van der Waals surface area contributed by atoms with Crippen molar-refractivity contribution in [2.45, 2.75) is 0 Å². The van der Waals surface area contributed by atoms with E-state index in [9.17, 15) is 4.79 Å². The van der Waals surface area contributed by atoms with Crippen LogP contribution in [0.1, 0.15) is 10.4 Å². The molecule has 4 nitrogen and oxygen atoms in total. The predicted octanol–water partition coefficient (Wildman–Crippen LogP) is 4.21. The number of furan rings is 1. The van der Waals surface area contributed by atoms with E-state index in [2.05, 4.69) is 5.32 Å². The predicted molar refractivity (Wildman–Crippen MR) is 85.1 cm³/mol. The topological polar surface area (TPSA) is 51.5 Å². The first-order valence-corrected chi connectivity index (χ1v) is 6.86. The van der Waals surface area contributed by atoms with Gasteiger partial charge in [0.25, 0.3) is 5.91 Å². The molecule has 1 amide bonds. The Bertz CT molecular complexity index is 764. The maximum absolute atomic E-state index is 12.4. The molecule has 1 heterocycles. The second kappa shape index (κ2) is 6.18. The third-order valence-electron chi connectivity index (χ3n) is 3.28. The second-order valence-corrected chi connectivity index (χ2v) is 4.71. The minimum atomic E-state index is -0.179. The van der Waals surface area contributed by atoms with Gasteiger partial charge >= 0.3 is 0 Å². The molecule has 0 saturated heterocycles. The molecule has 1 aromatic heterocycles. The molecule has 0 fully saturated rings. The summed E-state index contributed by atoms with van der Waals surface area (Å²) in [6.45, 7) is 0. The smallest absolute Gasteiger partial charge is 0.255 e. The number of carbonyl (C=O) groups is 1. The maximum atomic E-state index is 12.4. The number of methoxy groups -OCH3 is 1. The van der Waals surface area contributed by atoms with Crippen molar-refractivity contribution < 1.29 is 13.9 Å². The van der Waals surface area contributed by atoms with Crippen LogP contribution in [0.3, 0.4) is 0 Å². The fraction of sp³-hybridized carbons (Fsp3) is 0.0556. The highest BCUT2D eigenvalue weighted by Crippen LogP contribution is 2.31. The van der Waals surface area contributed by atoms with Crippen molar-refractivity contribution in [3.05, 3.63) is 72.5 Å². The first kappa shape index (κ1) is 13.9. The van der Waals surface area contributed by atoms with E-state index in [1.54, 1.807) is 37.6 Å². The molecule has 0 unspecified atom stereocenters. The van der Waals surface area contributed by atoms with Gasteiger partial charge in [-0.1, -0.05) is 18.2 Å². The van der Waals surface area contributed by atoms with Crippen LogP contribution in [0.2, 0.25) is 0 Å². The normalized spacial score (nSPS) is 10.2. The Labute approximate surface area is 128 Å². The van der Waals surface area contributed by atoms with Crippen LogP contribution in [-0.2, 0) is 0 Å². The monoisotopic (exact) mass is 293 g/mol. The van der Waals surface area contributed by atoms with E-state index in [1.165, 1.54) is 0 Å². The Morgan fingerprint density at radius 1 is 1.05 bits per heavy atom. The van der Waals surface area contributed by atoms with Crippen molar-refractivity contribution >= 4 is 11.6 Å². The van der Waals surface area contributed by atoms with Gasteiger partial charge < -0.3 is 14.5 Å². The summed E-state index contributed by atoms with van der Waals surface area (Å²) in [5, 5.41) is 2.86. The number of carbonyl (C=O) groups excluding carboxylic acids is 1. The number of ether oxygens (including phenoxy) is 1. The third-order valence-corrected chi connectivity index (χ3v) is 3.28. The fourth-order valence-corrected chi connectivity index (χ4v) is 2.20. The minimum absolute atomic E-state index is 0.179. The van der Waals surface area contributed by atoms with Crippen LogP contribution < -0.4 is 10.1 Å². The summed E-state index contributed by atoms with van der Waals surface area (Å²) in [6, 6.07) is 18.2. The van der Waals surface area contributed by atoms with E-state index in [1.807, 2.05) is 36.4 Å².